The van der Waals surface area contributed by atoms with Gasteiger partial charge in [-0.3, -0.25) is 19.3 Å². The normalized spacial score (nSPS) is 13.5. The highest BCUT2D eigenvalue weighted by atomic mass is 16.5. The molecule has 158 valence electrons. The summed E-state index contributed by atoms with van der Waals surface area (Å²) >= 11 is 0. The van der Waals surface area contributed by atoms with E-state index in [9.17, 15) is 14.4 Å². The summed E-state index contributed by atoms with van der Waals surface area (Å²) in [5, 5.41) is 0. The van der Waals surface area contributed by atoms with Crippen molar-refractivity contribution in [3.05, 3.63) is 59.2 Å². The number of likely N-dealkylation sites (tertiary alicyclic amines) is 1. The third-order valence-electron chi connectivity index (χ3n) is 5.19. The van der Waals surface area contributed by atoms with Gasteiger partial charge in [-0.25, -0.2) is 0 Å². The Morgan fingerprint density at radius 1 is 0.933 bits per heavy atom. The zero-order valence-corrected chi connectivity index (χ0v) is 17.5. The third kappa shape index (κ3) is 4.62. The third-order valence-corrected chi connectivity index (χ3v) is 5.19. The molecule has 0 aromatic heterocycles. The minimum Gasteiger partial charge on any atom is -0.493 e. The SMILES string of the molecule is CCN(Cc1ccc(OC)c(OC)c1)C(=O)c1ccc(CN2C(=O)CCC2=O)cc1. The number of hydrogen-bond acceptors (Lipinski definition) is 5. The molecule has 1 aliphatic rings. The summed E-state index contributed by atoms with van der Waals surface area (Å²) < 4.78 is 10.6. The Balaban J connectivity index is 1.69. The minimum absolute atomic E-state index is 0.0906. The van der Waals surface area contributed by atoms with Crippen molar-refractivity contribution >= 4 is 17.7 Å². The van der Waals surface area contributed by atoms with Crippen molar-refractivity contribution in [1.29, 1.82) is 0 Å². The highest BCUT2D eigenvalue weighted by Crippen LogP contribution is 2.28. The van der Waals surface area contributed by atoms with Gasteiger partial charge in [0, 0.05) is 31.5 Å². The number of carbonyl (C=O) groups is 3. The predicted octanol–water partition coefficient (Wildman–Crippen LogP) is 3.02. The number of hydrogen-bond donors (Lipinski definition) is 0. The van der Waals surface area contributed by atoms with Crippen LogP contribution in [0.3, 0.4) is 0 Å². The lowest BCUT2D eigenvalue weighted by molar-refractivity contribution is -0.139. The summed E-state index contributed by atoms with van der Waals surface area (Å²) in [5.41, 5.74) is 2.31. The molecule has 0 saturated carbocycles. The van der Waals surface area contributed by atoms with E-state index in [0.29, 0.717) is 30.2 Å². The van der Waals surface area contributed by atoms with Gasteiger partial charge in [-0.2, -0.15) is 0 Å². The number of ether oxygens (including phenoxy) is 2. The van der Waals surface area contributed by atoms with E-state index >= 15 is 0 Å². The number of carbonyl (C=O) groups excluding carboxylic acids is 3. The zero-order valence-electron chi connectivity index (χ0n) is 17.5. The fourth-order valence-electron chi connectivity index (χ4n) is 3.44. The lowest BCUT2D eigenvalue weighted by Gasteiger charge is -2.22. The maximum absolute atomic E-state index is 13.0. The Hall–Kier alpha value is -3.35. The van der Waals surface area contributed by atoms with Crippen molar-refractivity contribution < 1.29 is 23.9 Å². The number of nitrogens with zero attached hydrogens (tertiary/aromatic N) is 2. The molecular weight excluding hydrogens is 384 g/mol. The van der Waals surface area contributed by atoms with Crippen LogP contribution in [0.1, 0.15) is 41.3 Å². The van der Waals surface area contributed by atoms with Crippen LogP contribution in [-0.4, -0.2) is 48.3 Å². The number of imide groups is 1. The van der Waals surface area contributed by atoms with Crippen molar-refractivity contribution in [3.63, 3.8) is 0 Å². The Labute approximate surface area is 176 Å². The number of benzene rings is 2. The smallest absolute Gasteiger partial charge is 0.254 e. The van der Waals surface area contributed by atoms with Crippen LogP contribution in [0.15, 0.2) is 42.5 Å². The molecule has 0 spiro atoms. The van der Waals surface area contributed by atoms with Gasteiger partial charge in [0.2, 0.25) is 11.8 Å². The van der Waals surface area contributed by atoms with Crippen molar-refractivity contribution in [3.8, 4) is 11.5 Å². The Morgan fingerprint density at radius 3 is 2.10 bits per heavy atom. The molecule has 30 heavy (non-hydrogen) atoms. The summed E-state index contributed by atoms with van der Waals surface area (Å²) in [5.74, 6) is 0.877. The second-order valence-corrected chi connectivity index (χ2v) is 7.08. The van der Waals surface area contributed by atoms with E-state index in [2.05, 4.69) is 0 Å². The summed E-state index contributed by atoms with van der Waals surface area (Å²) in [4.78, 5) is 39.5. The van der Waals surface area contributed by atoms with Gasteiger partial charge in [-0.1, -0.05) is 18.2 Å². The minimum atomic E-state index is -0.146. The average molecular weight is 410 g/mol. The van der Waals surface area contributed by atoms with Crippen LogP contribution in [0.5, 0.6) is 11.5 Å². The topological polar surface area (TPSA) is 76.2 Å². The molecule has 1 heterocycles. The van der Waals surface area contributed by atoms with E-state index in [4.69, 9.17) is 9.47 Å². The molecule has 0 unspecified atom stereocenters. The van der Waals surface area contributed by atoms with Gasteiger partial charge >= 0.3 is 0 Å². The average Bonchev–Trinajstić information content (AvgIpc) is 3.09. The van der Waals surface area contributed by atoms with Crippen molar-refractivity contribution in [1.82, 2.24) is 9.80 Å². The highest BCUT2D eigenvalue weighted by Gasteiger charge is 2.28. The fraction of sp³-hybridized carbons (Fsp3) is 0.348. The van der Waals surface area contributed by atoms with Crippen LogP contribution >= 0.6 is 0 Å². The van der Waals surface area contributed by atoms with Gasteiger partial charge in [0.25, 0.3) is 5.91 Å². The first-order valence-corrected chi connectivity index (χ1v) is 9.89. The molecule has 0 radical (unpaired) electrons. The molecule has 1 aliphatic heterocycles. The van der Waals surface area contributed by atoms with Crippen LogP contribution in [0.4, 0.5) is 0 Å². The van der Waals surface area contributed by atoms with Crippen LogP contribution in [0, 0.1) is 0 Å². The van der Waals surface area contributed by atoms with Gasteiger partial charge in [0.1, 0.15) is 0 Å². The quantitative estimate of drug-likeness (QED) is 0.626. The number of rotatable bonds is 8. The monoisotopic (exact) mass is 410 g/mol. The summed E-state index contributed by atoms with van der Waals surface area (Å²) in [6.45, 7) is 3.16. The van der Waals surface area contributed by atoms with E-state index < -0.39 is 0 Å². The molecule has 2 aromatic rings. The van der Waals surface area contributed by atoms with E-state index in [-0.39, 0.29) is 37.1 Å². The summed E-state index contributed by atoms with van der Waals surface area (Å²) in [6, 6.07) is 12.6. The number of methoxy groups -OCH3 is 2. The maximum Gasteiger partial charge on any atom is 0.254 e. The van der Waals surface area contributed by atoms with Crippen molar-refractivity contribution in [2.24, 2.45) is 0 Å². The molecular formula is C23H26N2O5. The molecule has 2 aromatic carbocycles. The summed E-state index contributed by atoms with van der Waals surface area (Å²) in [6.07, 6.45) is 0.550. The van der Waals surface area contributed by atoms with Gasteiger partial charge in [0.05, 0.1) is 20.8 Å². The molecule has 1 saturated heterocycles. The molecule has 7 nitrogen and oxygen atoms in total. The van der Waals surface area contributed by atoms with Crippen LogP contribution < -0.4 is 9.47 Å². The Kier molecular flexibility index (Phi) is 6.72. The van der Waals surface area contributed by atoms with Gasteiger partial charge in [-0.05, 0) is 42.3 Å². The number of amides is 3. The van der Waals surface area contributed by atoms with Gasteiger partial charge in [0.15, 0.2) is 11.5 Å². The molecule has 0 bridgehead atoms. The van der Waals surface area contributed by atoms with Gasteiger partial charge < -0.3 is 14.4 Å². The van der Waals surface area contributed by atoms with E-state index in [1.165, 1.54) is 4.90 Å². The molecule has 0 N–H and O–H groups in total. The van der Waals surface area contributed by atoms with E-state index in [1.807, 2.05) is 25.1 Å². The van der Waals surface area contributed by atoms with Crippen LogP contribution in [-0.2, 0) is 22.7 Å². The summed E-state index contributed by atoms with van der Waals surface area (Å²) in [7, 11) is 3.16. The fourth-order valence-corrected chi connectivity index (χ4v) is 3.44. The van der Waals surface area contributed by atoms with Crippen LogP contribution in [0.2, 0.25) is 0 Å². The zero-order chi connectivity index (χ0) is 21.7. The van der Waals surface area contributed by atoms with Crippen LogP contribution in [0.25, 0.3) is 0 Å². The largest absolute Gasteiger partial charge is 0.493 e. The Bertz CT molecular complexity index is 923. The highest BCUT2D eigenvalue weighted by molar-refractivity contribution is 6.01. The molecule has 3 rings (SSSR count). The molecule has 0 aliphatic carbocycles. The first-order chi connectivity index (χ1) is 14.5. The van der Waals surface area contributed by atoms with Gasteiger partial charge in [-0.15, -0.1) is 0 Å². The molecule has 3 amide bonds. The lowest BCUT2D eigenvalue weighted by Crippen LogP contribution is -2.30. The van der Waals surface area contributed by atoms with E-state index in [0.717, 1.165) is 11.1 Å². The Morgan fingerprint density at radius 2 is 1.53 bits per heavy atom. The predicted molar refractivity (Wildman–Crippen MR) is 111 cm³/mol. The second kappa shape index (κ2) is 9.43. The molecule has 7 heteroatoms. The maximum atomic E-state index is 13.0. The molecule has 0 atom stereocenters. The van der Waals surface area contributed by atoms with E-state index in [1.54, 1.807) is 43.4 Å². The standard InChI is InChI=1S/C23H26N2O5/c1-4-24(14-17-7-10-19(29-2)20(13-17)30-3)23(28)18-8-5-16(6-9-18)15-25-21(26)11-12-22(25)27/h5-10,13H,4,11-12,14-15H2,1-3H3. The molecule has 1 fully saturated rings. The second-order valence-electron chi connectivity index (χ2n) is 7.08. The lowest BCUT2D eigenvalue weighted by atomic mass is 10.1. The first-order valence-electron chi connectivity index (χ1n) is 9.89. The first kappa shape index (κ1) is 21.4. The van der Waals surface area contributed by atoms with Crippen molar-refractivity contribution in [2.75, 3.05) is 20.8 Å². The van der Waals surface area contributed by atoms with Crippen molar-refractivity contribution in [2.45, 2.75) is 32.9 Å².